The third-order valence-electron chi connectivity index (χ3n) is 11.2. The van der Waals surface area contributed by atoms with Crippen LogP contribution in [0.4, 0.5) is 0 Å². The topological polar surface area (TPSA) is 0 Å². The zero-order valence-electron chi connectivity index (χ0n) is 31.7. The molecule has 0 heterocycles. The zero-order chi connectivity index (χ0) is 35.0. The van der Waals surface area contributed by atoms with Crippen molar-refractivity contribution in [3.8, 4) is 0 Å². The standard InChI is InChI=1S/C35H47.C13H10.Zr/c1-10-15-28-30(16-11-2)35(21-12-3,34(7,8)9)32(24-17-13-14-18-24)29-23-25-22-26(33(4,5)6)19-20-27(25)31(28)29;1-3-7-12(8-4-1)11-13-9-5-2-6-10-13;/h13-14,17,19-20,22H,10-12,15-16,18,21H2,1-9H3;1-10H;. The summed E-state index contributed by atoms with van der Waals surface area (Å²) in [5, 5.41) is 3.03. The van der Waals surface area contributed by atoms with Gasteiger partial charge in [-0.3, -0.25) is 0 Å². The summed E-state index contributed by atoms with van der Waals surface area (Å²) in [5.74, 6) is 0. The SMILES string of the molecule is CCCC1=C(CCC)C(CCC)(C(C)(C)C)C(C2=CC=CC2)=C2[C]([Zr]=[C](c3ccccc3)c3ccccc3)=c3cc(C(C)(C)C)ccc3=C12. The summed E-state index contributed by atoms with van der Waals surface area (Å²) in [5.41, 5.74) is 14.2. The van der Waals surface area contributed by atoms with Crippen LogP contribution in [0.1, 0.15) is 124 Å². The maximum atomic E-state index is 2.62. The van der Waals surface area contributed by atoms with E-state index < -0.39 is 22.8 Å². The Hall–Kier alpha value is -2.89. The molecule has 0 fully saturated rings. The van der Waals surface area contributed by atoms with Crippen molar-refractivity contribution in [2.45, 2.75) is 113 Å². The molecule has 1 atom stereocenters. The summed E-state index contributed by atoms with van der Waals surface area (Å²) in [6.07, 6.45) is 15.3. The van der Waals surface area contributed by atoms with Gasteiger partial charge in [-0.25, -0.2) is 0 Å². The zero-order valence-corrected chi connectivity index (χ0v) is 34.1. The third kappa shape index (κ3) is 6.44. The number of benzene rings is 3. The monoisotopic (exact) mass is 723 g/mol. The first kappa shape index (κ1) is 35.9. The summed E-state index contributed by atoms with van der Waals surface area (Å²) < 4.78 is 3.27. The Balaban J connectivity index is 1.89. The molecule has 0 amide bonds. The molecule has 253 valence electrons. The number of allylic oxidation sites excluding steroid dienone is 8. The molecule has 3 aliphatic rings. The third-order valence-corrected chi connectivity index (χ3v) is 15.1. The van der Waals surface area contributed by atoms with Crippen molar-refractivity contribution in [2.24, 2.45) is 10.8 Å². The van der Waals surface area contributed by atoms with Crippen LogP contribution in [-0.4, -0.2) is 3.21 Å². The fraction of sp³-hybridized carbons (Fsp3) is 0.396. The van der Waals surface area contributed by atoms with Gasteiger partial charge in [0.1, 0.15) is 0 Å². The molecule has 1 heteroatoms. The molecular formula is C48H57Zr. The molecule has 0 N–H and O–H groups in total. The number of hydrogen-bond acceptors (Lipinski definition) is 0. The van der Waals surface area contributed by atoms with E-state index in [4.69, 9.17) is 0 Å². The van der Waals surface area contributed by atoms with Gasteiger partial charge in [-0.2, -0.15) is 0 Å². The summed E-state index contributed by atoms with van der Waals surface area (Å²) >= 11 is -1.39. The summed E-state index contributed by atoms with van der Waals surface area (Å²) in [6, 6.07) is 30.3. The second-order valence-electron chi connectivity index (χ2n) is 16.4. The summed E-state index contributed by atoms with van der Waals surface area (Å²) in [6.45, 7) is 22.0. The van der Waals surface area contributed by atoms with Gasteiger partial charge in [0.2, 0.25) is 0 Å². The first-order valence-corrected chi connectivity index (χ1v) is 21.4. The first-order valence-electron chi connectivity index (χ1n) is 19.0. The molecule has 0 aliphatic heterocycles. The summed E-state index contributed by atoms with van der Waals surface area (Å²) in [4.78, 5) is 0. The fourth-order valence-electron chi connectivity index (χ4n) is 9.00. The van der Waals surface area contributed by atoms with Gasteiger partial charge in [0, 0.05) is 0 Å². The van der Waals surface area contributed by atoms with E-state index >= 15 is 0 Å². The van der Waals surface area contributed by atoms with E-state index in [0.717, 1.165) is 12.8 Å². The van der Waals surface area contributed by atoms with Crippen molar-refractivity contribution < 1.29 is 22.8 Å². The van der Waals surface area contributed by atoms with E-state index in [1.54, 1.807) is 39.9 Å². The normalized spacial score (nSPS) is 18.9. The molecule has 1 unspecified atom stereocenters. The van der Waals surface area contributed by atoms with E-state index in [2.05, 4.69) is 159 Å². The Morgan fingerprint density at radius 3 is 1.86 bits per heavy atom. The average Bonchev–Trinajstić information content (AvgIpc) is 3.72. The first-order chi connectivity index (χ1) is 23.5. The average molecular weight is 725 g/mol. The fourth-order valence-corrected chi connectivity index (χ4v) is 12.9. The molecule has 0 spiro atoms. The van der Waals surface area contributed by atoms with Gasteiger partial charge in [0.15, 0.2) is 0 Å². The van der Waals surface area contributed by atoms with Crippen molar-refractivity contribution in [3.05, 3.63) is 152 Å². The Bertz CT molecular complexity index is 1950. The van der Waals surface area contributed by atoms with E-state index in [-0.39, 0.29) is 16.2 Å². The van der Waals surface area contributed by atoms with Crippen molar-refractivity contribution in [2.75, 3.05) is 0 Å². The van der Waals surface area contributed by atoms with Crippen LogP contribution in [0.2, 0.25) is 0 Å². The molecule has 3 aliphatic carbocycles. The van der Waals surface area contributed by atoms with Gasteiger partial charge in [0.05, 0.1) is 0 Å². The van der Waals surface area contributed by atoms with Crippen molar-refractivity contribution in [3.63, 3.8) is 0 Å². The van der Waals surface area contributed by atoms with E-state index in [1.165, 1.54) is 59.2 Å². The number of hydrogen-bond donors (Lipinski definition) is 0. The van der Waals surface area contributed by atoms with Gasteiger partial charge in [-0.1, -0.05) is 0 Å². The molecule has 0 bridgehead atoms. The van der Waals surface area contributed by atoms with Gasteiger partial charge >= 0.3 is 310 Å². The van der Waals surface area contributed by atoms with Gasteiger partial charge in [-0.05, 0) is 0 Å². The van der Waals surface area contributed by atoms with E-state index in [0.29, 0.717) is 0 Å². The minimum absolute atomic E-state index is 0.0157. The molecular weight excluding hydrogens is 668 g/mol. The van der Waals surface area contributed by atoms with Gasteiger partial charge in [0.25, 0.3) is 0 Å². The van der Waals surface area contributed by atoms with Crippen LogP contribution in [0, 0.1) is 10.8 Å². The van der Waals surface area contributed by atoms with Crippen LogP contribution in [0.25, 0.3) is 8.85 Å². The summed E-state index contributed by atoms with van der Waals surface area (Å²) in [7, 11) is 0. The Kier molecular flexibility index (Phi) is 10.5. The minimum atomic E-state index is -1.39. The number of rotatable bonds is 10. The second kappa shape index (κ2) is 14.4. The molecule has 3 aromatic carbocycles. The van der Waals surface area contributed by atoms with Crippen molar-refractivity contribution >= 4 is 12.1 Å². The Morgan fingerprint density at radius 1 is 0.714 bits per heavy atom. The maximum absolute atomic E-state index is 2.62. The van der Waals surface area contributed by atoms with Crippen LogP contribution >= 0.6 is 0 Å². The Labute approximate surface area is 308 Å². The van der Waals surface area contributed by atoms with Crippen LogP contribution in [0.3, 0.4) is 0 Å². The molecule has 3 aromatic rings. The molecule has 0 radical (unpaired) electrons. The van der Waals surface area contributed by atoms with Crippen molar-refractivity contribution in [1.29, 1.82) is 0 Å². The van der Waals surface area contributed by atoms with Gasteiger partial charge in [-0.15, -0.1) is 0 Å². The predicted molar refractivity (Wildman–Crippen MR) is 210 cm³/mol. The molecule has 6 rings (SSSR count). The predicted octanol–water partition coefficient (Wildman–Crippen LogP) is 11.5. The van der Waals surface area contributed by atoms with Crippen LogP contribution < -0.4 is 10.4 Å². The van der Waals surface area contributed by atoms with E-state index in [1.807, 2.05) is 0 Å². The number of fused-ring (bicyclic) bond motifs is 2. The Morgan fingerprint density at radius 2 is 1.35 bits per heavy atom. The molecule has 0 saturated carbocycles. The second-order valence-corrected chi connectivity index (χ2v) is 19.5. The van der Waals surface area contributed by atoms with Crippen LogP contribution in [0.5, 0.6) is 0 Å². The molecule has 0 aromatic heterocycles. The molecule has 0 saturated heterocycles. The molecule has 0 nitrogen and oxygen atoms in total. The quantitative estimate of drug-likeness (QED) is 0.195. The molecule has 49 heavy (non-hydrogen) atoms. The van der Waals surface area contributed by atoms with Crippen LogP contribution in [0.15, 0.2) is 125 Å². The van der Waals surface area contributed by atoms with E-state index in [9.17, 15) is 0 Å². The van der Waals surface area contributed by atoms with Crippen molar-refractivity contribution in [1.82, 2.24) is 0 Å². The van der Waals surface area contributed by atoms with Gasteiger partial charge < -0.3 is 0 Å². The van der Waals surface area contributed by atoms with Crippen LogP contribution in [-0.2, 0) is 28.2 Å².